The van der Waals surface area contributed by atoms with Gasteiger partial charge in [-0.15, -0.1) is 0 Å². The maximum absolute atomic E-state index is 11.5. The fourth-order valence-electron chi connectivity index (χ4n) is 1.70. The molecule has 106 valence electrons. The molecular weight excluding hydrogens is 244 g/mol. The Kier molecular flexibility index (Phi) is 6.97. The molecule has 19 heavy (non-hydrogen) atoms. The molecule has 0 aromatic heterocycles. The third-order valence-electron chi connectivity index (χ3n) is 2.73. The van der Waals surface area contributed by atoms with Crippen molar-refractivity contribution in [2.45, 2.75) is 26.7 Å². The zero-order valence-electron chi connectivity index (χ0n) is 11.6. The molecule has 0 saturated carbocycles. The van der Waals surface area contributed by atoms with Crippen molar-refractivity contribution in [3.05, 3.63) is 29.8 Å². The standard InChI is InChI=1S/C15H22O4/c1-3-18-15(17)12(2)11-13-5-7-14(8-6-13)19-10-4-9-16/h5-8,12,16H,3-4,9-11H2,1-2H3/t12-/m0/s1. The molecule has 0 aliphatic rings. The largest absolute Gasteiger partial charge is 0.494 e. The van der Waals surface area contributed by atoms with E-state index in [9.17, 15) is 4.79 Å². The molecule has 4 nitrogen and oxygen atoms in total. The lowest BCUT2D eigenvalue weighted by Gasteiger charge is -2.11. The van der Waals surface area contributed by atoms with Crippen LogP contribution in [-0.2, 0) is 16.0 Å². The molecule has 0 spiro atoms. The second kappa shape index (κ2) is 8.53. The topological polar surface area (TPSA) is 55.8 Å². The van der Waals surface area contributed by atoms with Crippen molar-refractivity contribution in [1.29, 1.82) is 0 Å². The summed E-state index contributed by atoms with van der Waals surface area (Å²) in [6, 6.07) is 7.66. The lowest BCUT2D eigenvalue weighted by Crippen LogP contribution is -2.16. The van der Waals surface area contributed by atoms with Gasteiger partial charge in [-0.05, 0) is 31.0 Å². The minimum Gasteiger partial charge on any atom is -0.494 e. The van der Waals surface area contributed by atoms with Crippen LogP contribution in [0.4, 0.5) is 0 Å². The average molecular weight is 266 g/mol. The van der Waals surface area contributed by atoms with Crippen molar-refractivity contribution in [3.8, 4) is 5.75 Å². The first-order chi connectivity index (χ1) is 9.17. The number of aliphatic hydroxyl groups is 1. The number of rotatable bonds is 8. The van der Waals surface area contributed by atoms with E-state index < -0.39 is 0 Å². The molecule has 0 aliphatic carbocycles. The van der Waals surface area contributed by atoms with Gasteiger partial charge < -0.3 is 14.6 Å². The minimum atomic E-state index is -0.161. The van der Waals surface area contributed by atoms with Crippen molar-refractivity contribution < 1.29 is 19.4 Å². The molecule has 0 radical (unpaired) electrons. The monoisotopic (exact) mass is 266 g/mol. The fraction of sp³-hybridized carbons (Fsp3) is 0.533. The average Bonchev–Trinajstić information content (AvgIpc) is 2.41. The SMILES string of the molecule is CCOC(=O)[C@@H](C)Cc1ccc(OCCCO)cc1. The highest BCUT2D eigenvalue weighted by atomic mass is 16.5. The summed E-state index contributed by atoms with van der Waals surface area (Å²) in [4.78, 5) is 11.5. The van der Waals surface area contributed by atoms with Crippen LogP contribution < -0.4 is 4.74 Å². The zero-order valence-corrected chi connectivity index (χ0v) is 11.6. The third kappa shape index (κ3) is 5.75. The molecule has 0 heterocycles. The van der Waals surface area contributed by atoms with Crippen LogP contribution in [0.1, 0.15) is 25.8 Å². The van der Waals surface area contributed by atoms with Gasteiger partial charge >= 0.3 is 5.97 Å². The highest BCUT2D eigenvalue weighted by molar-refractivity contribution is 5.72. The number of aliphatic hydroxyl groups excluding tert-OH is 1. The van der Waals surface area contributed by atoms with Gasteiger partial charge in [0.1, 0.15) is 5.75 Å². The number of carbonyl (C=O) groups is 1. The quantitative estimate of drug-likeness (QED) is 0.579. The van der Waals surface area contributed by atoms with E-state index in [0.717, 1.165) is 11.3 Å². The molecule has 1 atom stereocenters. The molecule has 1 N–H and O–H groups in total. The maximum atomic E-state index is 11.5. The Morgan fingerprint density at radius 3 is 2.58 bits per heavy atom. The van der Waals surface area contributed by atoms with E-state index in [1.165, 1.54) is 0 Å². The van der Waals surface area contributed by atoms with E-state index in [1.807, 2.05) is 38.1 Å². The second-order valence-corrected chi connectivity index (χ2v) is 4.43. The predicted molar refractivity (Wildman–Crippen MR) is 73.1 cm³/mol. The molecule has 0 bridgehead atoms. The summed E-state index contributed by atoms with van der Waals surface area (Å²) in [5.41, 5.74) is 1.08. The number of benzene rings is 1. The van der Waals surface area contributed by atoms with Crippen LogP contribution >= 0.6 is 0 Å². The molecule has 4 heteroatoms. The first-order valence-electron chi connectivity index (χ1n) is 6.66. The van der Waals surface area contributed by atoms with Gasteiger partial charge in [0, 0.05) is 13.0 Å². The number of carbonyl (C=O) groups excluding carboxylic acids is 1. The van der Waals surface area contributed by atoms with Crippen LogP contribution in [0, 0.1) is 5.92 Å². The summed E-state index contributed by atoms with van der Waals surface area (Å²) in [7, 11) is 0. The summed E-state index contributed by atoms with van der Waals surface area (Å²) in [6.07, 6.45) is 1.29. The van der Waals surface area contributed by atoms with E-state index >= 15 is 0 Å². The van der Waals surface area contributed by atoms with Crippen molar-refractivity contribution in [1.82, 2.24) is 0 Å². The van der Waals surface area contributed by atoms with E-state index in [4.69, 9.17) is 14.6 Å². The van der Waals surface area contributed by atoms with E-state index in [-0.39, 0.29) is 18.5 Å². The molecule has 0 aliphatic heterocycles. The summed E-state index contributed by atoms with van der Waals surface area (Å²) < 4.78 is 10.4. The maximum Gasteiger partial charge on any atom is 0.308 e. The Morgan fingerprint density at radius 2 is 2.00 bits per heavy atom. The highest BCUT2D eigenvalue weighted by Gasteiger charge is 2.14. The number of ether oxygens (including phenoxy) is 2. The molecule has 1 aromatic rings. The smallest absolute Gasteiger partial charge is 0.308 e. The first kappa shape index (κ1) is 15.5. The zero-order chi connectivity index (χ0) is 14.1. The van der Waals surface area contributed by atoms with Gasteiger partial charge in [0.25, 0.3) is 0 Å². The molecule has 1 aromatic carbocycles. The lowest BCUT2D eigenvalue weighted by molar-refractivity contribution is -0.147. The lowest BCUT2D eigenvalue weighted by atomic mass is 10.0. The van der Waals surface area contributed by atoms with Crippen LogP contribution in [0.5, 0.6) is 5.75 Å². The Labute approximate surface area is 114 Å². The Bertz CT molecular complexity index is 372. The molecule has 0 amide bonds. The van der Waals surface area contributed by atoms with Crippen molar-refractivity contribution in [2.75, 3.05) is 19.8 Å². The Morgan fingerprint density at radius 1 is 1.32 bits per heavy atom. The number of hydrogen-bond acceptors (Lipinski definition) is 4. The van der Waals surface area contributed by atoms with E-state index in [2.05, 4.69) is 0 Å². The van der Waals surface area contributed by atoms with E-state index in [1.54, 1.807) is 0 Å². The van der Waals surface area contributed by atoms with Gasteiger partial charge in [0.15, 0.2) is 0 Å². The number of hydrogen-bond donors (Lipinski definition) is 1. The van der Waals surface area contributed by atoms with Crippen LogP contribution in [-0.4, -0.2) is 30.9 Å². The van der Waals surface area contributed by atoms with Crippen LogP contribution in [0.2, 0.25) is 0 Å². The summed E-state index contributed by atoms with van der Waals surface area (Å²) in [5, 5.41) is 8.66. The van der Waals surface area contributed by atoms with E-state index in [0.29, 0.717) is 26.1 Å². The summed E-state index contributed by atoms with van der Waals surface area (Å²) >= 11 is 0. The second-order valence-electron chi connectivity index (χ2n) is 4.43. The summed E-state index contributed by atoms with van der Waals surface area (Å²) in [5.74, 6) is 0.480. The molecule has 0 unspecified atom stereocenters. The molecule has 0 saturated heterocycles. The Hall–Kier alpha value is -1.55. The molecular formula is C15H22O4. The van der Waals surface area contributed by atoms with Gasteiger partial charge in [-0.3, -0.25) is 4.79 Å². The van der Waals surface area contributed by atoms with Crippen LogP contribution in [0.15, 0.2) is 24.3 Å². The highest BCUT2D eigenvalue weighted by Crippen LogP contribution is 2.16. The van der Waals surface area contributed by atoms with Crippen molar-refractivity contribution in [2.24, 2.45) is 5.92 Å². The Balaban J connectivity index is 2.45. The minimum absolute atomic E-state index is 0.134. The normalized spacial score (nSPS) is 11.9. The van der Waals surface area contributed by atoms with Gasteiger partial charge in [-0.2, -0.15) is 0 Å². The van der Waals surface area contributed by atoms with Crippen LogP contribution in [0.3, 0.4) is 0 Å². The predicted octanol–water partition coefficient (Wildman–Crippen LogP) is 2.19. The van der Waals surface area contributed by atoms with Gasteiger partial charge in [-0.1, -0.05) is 19.1 Å². The van der Waals surface area contributed by atoms with Crippen LogP contribution in [0.25, 0.3) is 0 Å². The van der Waals surface area contributed by atoms with Crippen molar-refractivity contribution in [3.63, 3.8) is 0 Å². The van der Waals surface area contributed by atoms with Crippen molar-refractivity contribution >= 4 is 5.97 Å². The van der Waals surface area contributed by atoms with Gasteiger partial charge in [0.05, 0.1) is 19.1 Å². The van der Waals surface area contributed by atoms with Gasteiger partial charge in [0.2, 0.25) is 0 Å². The molecule has 1 rings (SSSR count). The third-order valence-corrected chi connectivity index (χ3v) is 2.73. The fourth-order valence-corrected chi connectivity index (χ4v) is 1.70. The van der Waals surface area contributed by atoms with Gasteiger partial charge in [-0.25, -0.2) is 0 Å². The first-order valence-corrected chi connectivity index (χ1v) is 6.66. The summed E-state index contributed by atoms with van der Waals surface area (Å²) in [6.45, 7) is 4.73. The number of esters is 1. The molecule has 0 fully saturated rings.